The van der Waals surface area contributed by atoms with E-state index in [1.165, 1.54) is 31.4 Å². The van der Waals surface area contributed by atoms with Gasteiger partial charge in [-0.05, 0) is 18.2 Å². The molecule has 1 aromatic rings. The number of ether oxygens (including phenoxy) is 2. The van der Waals surface area contributed by atoms with E-state index in [0.717, 1.165) is 0 Å². The molecule has 0 aliphatic heterocycles. The molecule has 0 aliphatic rings. The molecular weight excluding hydrogens is 262 g/mol. The smallest absolute Gasteiger partial charge is 0.338 e. The quantitative estimate of drug-likeness (QED) is 0.456. The van der Waals surface area contributed by atoms with Crippen molar-refractivity contribution in [3.05, 3.63) is 42.0 Å². The second kappa shape index (κ2) is 7.73. The normalized spacial score (nSPS) is 9.45. The van der Waals surface area contributed by atoms with Gasteiger partial charge in [0.2, 0.25) is 0 Å². The highest BCUT2D eigenvalue weighted by molar-refractivity contribution is 5.99. The number of nitrogens with one attached hydrogen (secondary N) is 1. The Balaban J connectivity index is 3.08. The summed E-state index contributed by atoms with van der Waals surface area (Å²) < 4.78 is 9.92. The van der Waals surface area contributed by atoms with Crippen LogP contribution in [0, 0.1) is 0 Å². The lowest BCUT2D eigenvalue weighted by Gasteiger charge is -2.09. The molecule has 0 aromatic heterocycles. The Labute approximate surface area is 116 Å². The lowest BCUT2D eigenvalue weighted by Crippen LogP contribution is -2.25. The van der Waals surface area contributed by atoms with E-state index in [4.69, 9.17) is 4.74 Å². The van der Waals surface area contributed by atoms with Gasteiger partial charge < -0.3 is 19.6 Å². The fraction of sp³-hybridized carbons (Fsp3) is 0.214. The standard InChI is InChI=1S/C14H15NO5/c1-3-6-20-12-8-10(13(17)15-4-5-16)7-11(9-12)14(18)19-2/h3,5,7-9H,1,4,6H2,2H3,(H,15,17). The maximum atomic E-state index is 11.8. The fourth-order valence-electron chi connectivity index (χ4n) is 1.44. The number of carbonyl (C=O) groups is 3. The van der Waals surface area contributed by atoms with Gasteiger partial charge in [0, 0.05) is 5.56 Å². The zero-order valence-electron chi connectivity index (χ0n) is 11.0. The Kier molecular flexibility index (Phi) is 5.96. The van der Waals surface area contributed by atoms with Gasteiger partial charge in [-0.25, -0.2) is 4.79 Å². The maximum Gasteiger partial charge on any atom is 0.338 e. The number of benzene rings is 1. The Morgan fingerprint density at radius 1 is 1.30 bits per heavy atom. The molecule has 0 saturated carbocycles. The molecule has 0 unspecified atom stereocenters. The summed E-state index contributed by atoms with van der Waals surface area (Å²) in [6, 6.07) is 4.30. The average Bonchev–Trinajstić information content (AvgIpc) is 2.49. The molecule has 0 aliphatic carbocycles. The van der Waals surface area contributed by atoms with Crippen LogP contribution in [0.1, 0.15) is 20.7 Å². The maximum absolute atomic E-state index is 11.8. The van der Waals surface area contributed by atoms with Gasteiger partial charge >= 0.3 is 5.97 Å². The summed E-state index contributed by atoms with van der Waals surface area (Å²) in [4.78, 5) is 33.6. The minimum Gasteiger partial charge on any atom is -0.490 e. The van der Waals surface area contributed by atoms with E-state index < -0.39 is 11.9 Å². The fourth-order valence-corrected chi connectivity index (χ4v) is 1.44. The molecular formula is C14H15NO5. The lowest BCUT2D eigenvalue weighted by atomic mass is 10.1. The second-order valence-corrected chi connectivity index (χ2v) is 3.71. The van der Waals surface area contributed by atoms with Gasteiger partial charge in [0.25, 0.3) is 5.91 Å². The van der Waals surface area contributed by atoms with Gasteiger partial charge in [-0.15, -0.1) is 0 Å². The van der Waals surface area contributed by atoms with Crippen molar-refractivity contribution in [2.45, 2.75) is 0 Å². The number of rotatable bonds is 7. The highest BCUT2D eigenvalue weighted by Gasteiger charge is 2.13. The SMILES string of the molecule is C=CCOc1cc(C(=O)NCC=O)cc(C(=O)OC)c1. The van der Waals surface area contributed by atoms with Crippen molar-refractivity contribution in [1.29, 1.82) is 0 Å². The van der Waals surface area contributed by atoms with Crippen LogP contribution in [-0.2, 0) is 9.53 Å². The van der Waals surface area contributed by atoms with E-state index in [0.29, 0.717) is 12.0 Å². The van der Waals surface area contributed by atoms with Crippen LogP contribution in [0.5, 0.6) is 5.75 Å². The summed E-state index contributed by atoms with van der Waals surface area (Å²) >= 11 is 0. The lowest BCUT2D eigenvalue weighted by molar-refractivity contribution is -0.107. The van der Waals surface area contributed by atoms with Gasteiger partial charge in [0.05, 0.1) is 19.2 Å². The molecule has 106 valence electrons. The number of hydrogen-bond donors (Lipinski definition) is 1. The molecule has 20 heavy (non-hydrogen) atoms. The minimum absolute atomic E-state index is 0.107. The third kappa shape index (κ3) is 4.24. The van der Waals surface area contributed by atoms with Gasteiger partial charge in [-0.3, -0.25) is 4.79 Å². The number of carbonyl (C=O) groups excluding carboxylic acids is 3. The highest BCUT2D eigenvalue weighted by Crippen LogP contribution is 2.18. The molecule has 0 fully saturated rings. The van der Waals surface area contributed by atoms with Crippen LogP contribution in [0.4, 0.5) is 0 Å². The van der Waals surface area contributed by atoms with Gasteiger partial charge in [-0.2, -0.15) is 0 Å². The van der Waals surface area contributed by atoms with Crippen LogP contribution < -0.4 is 10.1 Å². The van der Waals surface area contributed by atoms with E-state index in [1.54, 1.807) is 0 Å². The summed E-state index contributed by atoms with van der Waals surface area (Å²) in [5, 5.41) is 2.38. The van der Waals surface area contributed by atoms with Crippen molar-refractivity contribution in [2.75, 3.05) is 20.3 Å². The molecule has 0 saturated heterocycles. The van der Waals surface area contributed by atoms with Crippen molar-refractivity contribution < 1.29 is 23.9 Å². The molecule has 0 bridgehead atoms. The van der Waals surface area contributed by atoms with Crippen molar-refractivity contribution in [3.63, 3.8) is 0 Å². The average molecular weight is 277 g/mol. The third-order valence-corrected chi connectivity index (χ3v) is 2.30. The van der Waals surface area contributed by atoms with Crippen LogP contribution in [0.25, 0.3) is 0 Å². The molecule has 0 atom stereocenters. The zero-order chi connectivity index (χ0) is 15.0. The molecule has 0 spiro atoms. The van der Waals surface area contributed by atoms with E-state index in [2.05, 4.69) is 16.6 Å². The first-order valence-electron chi connectivity index (χ1n) is 5.81. The molecule has 0 radical (unpaired) electrons. The first-order valence-corrected chi connectivity index (χ1v) is 5.81. The number of hydrogen-bond acceptors (Lipinski definition) is 5. The van der Waals surface area contributed by atoms with Crippen molar-refractivity contribution >= 4 is 18.2 Å². The molecule has 1 amide bonds. The summed E-state index contributed by atoms with van der Waals surface area (Å²) in [6.07, 6.45) is 2.11. The largest absolute Gasteiger partial charge is 0.490 e. The first-order chi connectivity index (χ1) is 9.62. The van der Waals surface area contributed by atoms with E-state index in [-0.39, 0.29) is 24.3 Å². The molecule has 1 rings (SSSR count). The topological polar surface area (TPSA) is 81.7 Å². The van der Waals surface area contributed by atoms with Crippen molar-refractivity contribution in [2.24, 2.45) is 0 Å². The van der Waals surface area contributed by atoms with Crippen LogP contribution >= 0.6 is 0 Å². The van der Waals surface area contributed by atoms with Crippen LogP contribution in [0.3, 0.4) is 0 Å². The Morgan fingerprint density at radius 2 is 2.00 bits per heavy atom. The molecule has 0 heterocycles. The summed E-state index contributed by atoms with van der Waals surface area (Å²) in [5.74, 6) is -0.728. The van der Waals surface area contributed by atoms with Gasteiger partial charge in [0.15, 0.2) is 0 Å². The molecule has 1 aromatic carbocycles. The van der Waals surface area contributed by atoms with Gasteiger partial charge in [-0.1, -0.05) is 12.7 Å². The Bertz CT molecular complexity index is 524. The third-order valence-electron chi connectivity index (χ3n) is 2.30. The van der Waals surface area contributed by atoms with Gasteiger partial charge in [0.1, 0.15) is 18.6 Å². The van der Waals surface area contributed by atoms with E-state index in [1.807, 2.05) is 0 Å². The predicted octanol–water partition coefficient (Wildman–Crippen LogP) is 0.967. The summed E-state index contributed by atoms with van der Waals surface area (Å²) in [6.45, 7) is 3.64. The van der Waals surface area contributed by atoms with E-state index >= 15 is 0 Å². The number of aldehydes is 1. The summed E-state index contributed by atoms with van der Waals surface area (Å²) in [5.41, 5.74) is 0.388. The molecule has 6 heteroatoms. The van der Waals surface area contributed by atoms with Crippen LogP contribution in [-0.4, -0.2) is 38.4 Å². The second-order valence-electron chi connectivity index (χ2n) is 3.71. The molecule has 1 N–H and O–H groups in total. The Morgan fingerprint density at radius 3 is 2.60 bits per heavy atom. The predicted molar refractivity (Wildman–Crippen MR) is 71.9 cm³/mol. The van der Waals surface area contributed by atoms with Crippen molar-refractivity contribution in [3.8, 4) is 5.75 Å². The zero-order valence-corrected chi connectivity index (χ0v) is 11.0. The highest BCUT2D eigenvalue weighted by atomic mass is 16.5. The monoisotopic (exact) mass is 277 g/mol. The van der Waals surface area contributed by atoms with Crippen molar-refractivity contribution in [1.82, 2.24) is 5.32 Å². The minimum atomic E-state index is -0.585. The first kappa shape index (κ1) is 15.4. The van der Waals surface area contributed by atoms with E-state index in [9.17, 15) is 14.4 Å². The summed E-state index contributed by atoms with van der Waals surface area (Å²) in [7, 11) is 1.24. The number of esters is 1. The number of amides is 1. The molecule has 6 nitrogen and oxygen atoms in total. The Hall–Kier alpha value is -2.63. The van der Waals surface area contributed by atoms with Crippen LogP contribution in [0.2, 0.25) is 0 Å². The number of methoxy groups -OCH3 is 1. The van der Waals surface area contributed by atoms with Crippen LogP contribution in [0.15, 0.2) is 30.9 Å².